The molecule has 166 valence electrons. The van der Waals surface area contributed by atoms with Crippen molar-refractivity contribution in [1.82, 2.24) is 10.3 Å². The number of halogens is 3. The molecule has 7 nitrogen and oxygen atoms in total. The van der Waals surface area contributed by atoms with E-state index < -0.39 is 27.9 Å². The Morgan fingerprint density at radius 2 is 1.74 bits per heavy atom. The van der Waals surface area contributed by atoms with Crippen LogP contribution < -0.4 is 10.0 Å². The Morgan fingerprint density at radius 3 is 2.39 bits per heavy atom. The lowest BCUT2D eigenvalue weighted by molar-refractivity contribution is -0.137. The van der Waals surface area contributed by atoms with E-state index in [1.807, 2.05) is 0 Å². The van der Waals surface area contributed by atoms with E-state index >= 15 is 0 Å². The van der Waals surface area contributed by atoms with Crippen LogP contribution in [0, 0.1) is 0 Å². The molecule has 0 fully saturated rings. The monoisotopic (exact) mass is 455 g/mol. The highest BCUT2D eigenvalue weighted by Crippen LogP contribution is 2.30. The van der Waals surface area contributed by atoms with Gasteiger partial charge in [-0.1, -0.05) is 18.2 Å². The van der Waals surface area contributed by atoms with Crippen LogP contribution in [0.15, 0.2) is 59.5 Å². The van der Waals surface area contributed by atoms with Gasteiger partial charge in [0.05, 0.1) is 40.1 Å². The van der Waals surface area contributed by atoms with Gasteiger partial charge in [0.1, 0.15) is 0 Å². The average molecular weight is 455 g/mol. The quantitative estimate of drug-likeness (QED) is 0.415. The number of pyridine rings is 1. The minimum atomic E-state index is -4.56. The van der Waals surface area contributed by atoms with Crippen LogP contribution in [0.25, 0.3) is 10.9 Å². The van der Waals surface area contributed by atoms with Crippen LogP contribution in [0.5, 0.6) is 0 Å². The van der Waals surface area contributed by atoms with Crippen LogP contribution >= 0.6 is 0 Å². The van der Waals surface area contributed by atoms with Crippen molar-refractivity contribution in [3.05, 3.63) is 65.9 Å². The first kappa shape index (κ1) is 22.9. The van der Waals surface area contributed by atoms with Gasteiger partial charge in [-0.25, -0.2) is 13.4 Å². The molecule has 0 saturated carbocycles. The van der Waals surface area contributed by atoms with Crippen LogP contribution in [0.2, 0.25) is 0 Å². The number of para-hydroxylation sites is 1. The highest BCUT2D eigenvalue weighted by atomic mass is 32.2. The maximum atomic E-state index is 12.7. The zero-order valence-electron chi connectivity index (χ0n) is 16.1. The maximum Gasteiger partial charge on any atom is 0.416 e. The number of hydrogen-bond donors (Lipinski definition) is 4. The van der Waals surface area contributed by atoms with Gasteiger partial charge < -0.3 is 15.5 Å². The van der Waals surface area contributed by atoms with Gasteiger partial charge in [0.15, 0.2) is 0 Å². The fourth-order valence-corrected chi connectivity index (χ4v) is 3.89. The summed E-state index contributed by atoms with van der Waals surface area (Å²) in [6, 6.07) is 11.6. The number of hydrogen-bond acceptors (Lipinski definition) is 6. The average Bonchev–Trinajstić information content (AvgIpc) is 2.73. The van der Waals surface area contributed by atoms with Gasteiger partial charge in [-0.15, -0.1) is 0 Å². The summed E-state index contributed by atoms with van der Waals surface area (Å²) < 4.78 is 65.9. The standard InChI is InChI=1S/C20H20F3N3O4S/c21-20(22,23)14-5-8-17(9-6-14)31(29,30)26-18-3-1-2-13-4-7-15(25-19(13)18)10-24-11-16(28)12-27/h1-9,16,24,26-28H,10-12H2. The summed E-state index contributed by atoms with van der Waals surface area (Å²) in [4.78, 5) is 4.13. The summed E-state index contributed by atoms with van der Waals surface area (Å²) >= 11 is 0. The highest BCUT2D eigenvalue weighted by molar-refractivity contribution is 7.92. The number of nitrogens with zero attached hydrogens (tertiary/aromatic N) is 1. The van der Waals surface area contributed by atoms with Crippen molar-refractivity contribution in [3.63, 3.8) is 0 Å². The molecule has 4 N–H and O–H groups in total. The number of fused-ring (bicyclic) bond motifs is 1. The summed E-state index contributed by atoms with van der Waals surface area (Å²) in [5.74, 6) is 0. The SMILES string of the molecule is O=S(=O)(Nc1cccc2ccc(CNCC(O)CO)nc12)c1ccc(C(F)(F)F)cc1. The van der Waals surface area contributed by atoms with Crippen molar-refractivity contribution in [2.75, 3.05) is 17.9 Å². The molecule has 1 atom stereocenters. The number of nitrogens with one attached hydrogen (secondary N) is 2. The summed E-state index contributed by atoms with van der Waals surface area (Å²) in [5, 5.41) is 21.8. The molecule has 3 aromatic rings. The van der Waals surface area contributed by atoms with Crippen molar-refractivity contribution < 1.29 is 31.8 Å². The number of anilines is 1. The van der Waals surface area contributed by atoms with E-state index in [4.69, 9.17) is 5.11 Å². The van der Waals surface area contributed by atoms with Crippen molar-refractivity contribution in [1.29, 1.82) is 0 Å². The first-order valence-electron chi connectivity index (χ1n) is 9.18. The first-order valence-corrected chi connectivity index (χ1v) is 10.7. The molecule has 0 radical (unpaired) electrons. The Kier molecular flexibility index (Phi) is 6.80. The molecule has 2 aromatic carbocycles. The van der Waals surface area contributed by atoms with E-state index in [1.54, 1.807) is 24.3 Å². The summed E-state index contributed by atoms with van der Waals surface area (Å²) in [5.41, 5.74) is 0.162. The first-order chi connectivity index (χ1) is 14.6. The molecular weight excluding hydrogens is 435 g/mol. The van der Waals surface area contributed by atoms with E-state index in [0.29, 0.717) is 28.7 Å². The predicted molar refractivity (Wildman–Crippen MR) is 109 cm³/mol. The van der Waals surface area contributed by atoms with Gasteiger partial charge >= 0.3 is 6.18 Å². The molecule has 0 aliphatic rings. The van der Waals surface area contributed by atoms with E-state index in [9.17, 15) is 26.7 Å². The molecule has 1 unspecified atom stereocenters. The Bertz CT molecular complexity index is 1150. The van der Waals surface area contributed by atoms with E-state index in [-0.39, 0.29) is 30.3 Å². The van der Waals surface area contributed by atoms with Crippen LogP contribution in [0.3, 0.4) is 0 Å². The predicted octanol–water partition coefficient (Wildman–Crippen LogP) is 2.50. The van der Waals surface area contributed by atoms with Crippen LogP contribution in [-0.4, -0.2) is 42.9 Å². The Hall–Kier alpha value is -2.73. The second kappa shape index (κ2) is 9.18. The lowest BCUT2D eigenvalue weighted by atomic mass is 10.2. The number of alkyl halides is 3. The number of aliphatic hydroxyl groups excluding tert-OH is 2. The number of aromatic nitrogens is 1. The number of sulfonamides is 1. The van der Waals surface area contributed by atoms with Crippen molar-refractivity contribution in [3.8, 4) is 0 Å². The highest BCUT2D eigenvalue weighted by Gasteiger charge is 2.30. The fourth-order valence-electron chi connectivity index (χ4n) is 2.83. The normalized spacial score (nSPS) is 13.3. The topological polar surface area (TPSA) is 112 Å². The van der Waals surface area contributed by atoms with Gasteiger partial charge in [0.25, 0.3) is 10.0 Å². The summed E-state index contributed by atoms with van der Waals surface area (Å²) in [6.07, 6.45) is -5.47. The Balaban J connectivity index is 1.85. The van der Waals surface area contributed by atoms with E-state index in [1.165, 1.54) is 6.07 Å². The lowest BCUT2D eigenvalue weighted by Crippen LogP contribution is -2.29. The molecule has 0 amide bonds. The molecular formula is C20H20F3N3O4S. The molecule has 0 saturated heterocycles. The van der Waals surface area contributed by atoms with Crippen molar-refractivity contribution in [2.24, 2.45) is 0 Å². The molecule has 31 heavy (non-hydrogen) atoms. The fraction of sp³-hybridized carbons (Fsp3) is 0.250. The lowest BCUT2D eigenvalue weighted by Gasteiger charge is -2.13. The molecule has 0 bridgehead atoms. The van der Waals surface area contributed by atoms with Gasteiger partial charge in [0, 0.05) is 18.5 Å². The molecule has 1 aromatic heterocycles. The summed E-state index contributed by atoms with van der Waals surface area (Å²) in [6.45, 7) is 0.0411. The van der Waals surface area contributed by atoms with Crippen LogP contribution in [-0.2, 0) is 22.7 Å². The Morgan fingerprint density at radius 1 is 1.03 bits per heavy atom. The number of rotatable bonds is 8. The third-order valence-electron chi connectivity index (χ3n) is 4.41. The van der Waals surface area contributed by atoms with Crippen LogP contribution in [0.1, 0.15) is 11.3 Å². The third kappa shape index (κ3) is 5.70. The third-order valence-corrected chi connectivity index (χ3v) is 5.79. The Labute approximate surface area is 176 Å². The second-order valence-corrected chi connectivity index (χ2v) is 8.46. The molecule has 11 heteroatoms. The van der Waals surface area contributed by atoms with E-state index in [2.05, 4.69) is 15.0 Å². The van der Waals surface area contributed by atoms with Gasteiger partial charge in [-0.05, 0) is 36.4 Å². The molecule has 0 spiro atoms. The zero-order chi connectivity index (χ0) is 22.6. The van der Waals surface area contributed by atoms with Gasteiger partial charge in [-0.2, -0.15) is 13.2 Å². The van der Waals surface area contributed by atoms with Gasteiger partial charge in [0.2, 0.25) is 0 Å². The zero-order valence-corrected chi connectivity index (χ0v) is 16.9. The summed E-state index contributed by atoms with van der Waals surface area (Å²) in [7, 11) is -4.15. The minimum absolute atomic E-state index is 0.151. The van der Waals surface area contributed by atoms with Gasteiger partial charge in [-0.3, -0.25) is 4.72 Å². The van der Waals surface area contributed by atoms with E-state index in [0.717, 1.165) is 12.1 Å². The minimum Gasteiger partial charge on any atom is -0.394 e. The largest absolute Gasteiger partial charge is 0.416 e. The van der Waals surface area contributed by atoms with Crippen molar-refractivity contribution >= 4 is 26.6 Å². The number of aliphatic hydroxyl groups is 2. The second-order valence-electron chi connectivity index (χ2n) is 6.77. The molecule has 0 aliphatic carbocycles. The molecule has 1 heterocycles. The molecule has 3 rings (SSSR count). The maximum absolute atomic E-state index is 12.7. The van der Waals surface area contributed by atoms with Crippen LogP contribution in [0.4, 0.5) is 18.9 Å². The smallest absolute Gasteiger partial charge is 0.394 e. The van der Waals surface area contributed by atoms with Crippen molar-refractivity contribution in [2.45, 2.75) is 23.7 Å². The number of benzene rings is 2. The molecule has 0 aliphatic heterocycles.